The minimum absolute atomic E-state index is 0. The number of hydrogen-bond acceptors (Lipinski definition) is 5. The summed E-state index contributed by atoms with van der Waals surface area (Å²) in [4.78, 5) is 11.3. The molecule has 8 heteroatoms. The van der Waals surface area contributed by atoms with E-state index in [9.17, 15) is 13.2 Å². The fraction of sp³-hybridized carbons (Fsp3) is 0.385. The highest BCUT2D eigenvalue weighted by molar-refractivity contribution is 8.15. The molecule has 0 radical (unpaired) electrons. The van der Waals surface area contributed by atoms with Crippen LogP contribution >= 0.6 is 11.8 Å². The van der Waals surface area contributed by atoms with Gasteiger partial charge in [0, 0.05) is 5.56 Å². The Morgan fingerprint density at radius 2 is 1.90 bits per heavy atom. The Labute approximate surface area is 138 Å². The Morgan fingerprint density at radius 1 is 1.29 bits per heavy atom. The van der Waals surface area contributed by atoms with Gasteiger partial charge in [0.1, 0.15) is 11.7 Å². The van der Waals surface area contributed by atoms with Crippen molar-refractivity contribution in [1.29, 1.82) is 0 Å². The van der Waals surface area contributed by atoms with Crippen molar-refractivity contribution in [2.45, 2.75) is 18.2 Å². The zero-order valence-corrected chi connectivity index (χ0v) is 14.5. The third-order valence-corrected chi connectivity index (χ3v) is 6.81. The fourth-order valence-corrected chi connectivity index (χ4v) is 6.52. The molecular weight excluding hydrogens is 376 g/mol. The highest BCUT2D eigenvalue weighted by atomic mass is 79.9. The number of hydrogen-bond donors (Lipinski definition) is 1. The van der Waals surface area contributed by atoms with E-state index in [1.807, 2.05) is 16.7 Å². The smallest absolute Gasteiger partial charge is 0.310 e. The van der Waals surface area contributed by atoms with Crippen LogP contribution in [0, 0.1) is 0 Å². The summed E-state index contributed by atoms with van der Waals surface area (Å²) in [5.41, 5.74) is 7.50. The van der Waals surface area contributed by atoms with E-state index in [0.717, 1.165) is 5.69 Å². The van der Waals surface area contributed by atoms with Crippen molar-refractivity contribution in [1.82, 2.24) is 0 Å². The van der Waals surface area contributed by atoms with Crippen LogP contribution in [0.3, 0.4) is 0 Å². The highest BCUT2D eigenvalue weighted by Crippen LogP contribution is 2.36. The molecule has 2 aliphatic heterocycles. The Bertz CT molecular complexity index is 713. The molecule has 5 nitrogen and oxygen atoms in total. The molecule has 2 atom stereocenters. The minimum Gasteiger partial charge on any atom is -1.00 e. The van der Waals surface area contributed by atoms with Gasteiger partial charge in [0.15, 0.2) is 15.6 Å². The first-order valence-electron chi connectivity index (χ1n) is 6.27. The Kier molecular flexibility index (Phi) is 4.51. The summed E-state index contributed by atoms with van der Waals surface area (Å²) >= 11 is 1.43. The summed E-state index contributed by atoms with van der Waals surface area (Å²) in [6, 6.07) is 7.02. The molecule has 2 aliphatic rings. The Morgan fingerprint density at radius 3 is 2.48 bits per heavy atom. The maximum absolute atomic E-state index is 11.7. The van der Waals surface area contributed by atoms with Gasteiger partial charge < -0.3 is 17.0 Å². The number of fused-ring (bicyclic) bond motifs is 1. The van der Waals surface area contributed by atoms with Crippen LogP contribution in [-0.4, -0.2) is 46.7 Å². The van der Waals surface area contributed by atoms with Gasteiger partial charge in [0.2, 0.25) is 0 Å². The predicted molar refractivity (Wildman–Crippen MR) is 79.4 cm³/mol. The predicted octanol–water partition coefficient (Wildman–Crippen LogP) is -2.24. The number of amidine groups is 1. The topological polar surface area (TPSA) is 80.2 Å². The summed E-state index contributed by atoms with van der Waals surface area (Å²) in [6.07, 6.45) is 0. The molecule has 0 spiro atoms. The normalized spacial score (nSPS) is 26.3. The summed E-state index contributed by atoms with van der Waals surface area (Å²) in [5.74, 6) is 0.329. The molecule has 0 bridgehead atoms. The molecule has 0 aliphatic carbocycles. The van der Waals surface area contributed by atoms with Gasteiger partial charge in [0.05, 0.1) is 16.8 Å². The van der Waals surface area contributed by atoms with E-state index >= 15 is 0 Å². The average molecular weight is 391 g/mol. The van der Waals surface area contributed by atoms with Gasteiger partial charge in [-0.15, -0.1) is 0 Å². The van der Waals surface area contributed by atoms with Crippen LogP contribution in [0.4, 0.5) is 5.69 Å². The molecular formula is C13H15BrN2O3S2. The van der Waals surface area contributed by atoms with Crippen LogP contribution in [0.1, 0.15) is 17.3 Å². The Hall–Kier alpha value is -0.860. The number of Topliss-reactive ketones (excluding diaryl/α,β-unsaturated/α-hetero) is 1. The molecule has 21 heavy (non-hydrogen) atoms. The van der Waals surface area contributed by atoms with Gasteiger partial charge in [-0.1, -0.05) is 0 Å². The average Bonchev–Trinajstić information content (AvgIpc) is 2.79. The van der Waals surface area contributed by atoms with Gasteiger partial charge >= 0.3 is 5.17 Å². The number of carbonyl (C=O) groups is 1. The van der Waals surface area contributed by atoms with Crippen molar-refractivity contribution in [2.24, 2.45) is 5.73 Å². The van der Waals surface area contributed by atoms with E-state index in [-0.39, 0.29) is 45.6 Å². The van der Waals surface area contributed by atoms with Crippen LogP contribution in [0.15, 0.2) is 24.3 Å². The maximum atomic E-state index is 11.7. The van der Waals surface area contributed by atoms with Gasteiger partial charge in [-0.2, -0.15) is 0 Å². The summed E-state index contributed by atoms with van der Waals surface area (Å²) in [6.45, 7) is 1.51. The van der Waals surface area contributed by atoms with Crippen molar-refractivity contribution in [3.05, 3.63) is 29.8 Å². The third kappa shape index (κ3) is 3.02. The second-order valence-electron chi connectivity index (χ2n) is 5.11. The van der Waals surface area contributed by atoms with Crippen LogP contribution < -0.4 is 22.7 Å². The zero-order valence-electron chi connectivity index (χ0n) is 11.3. The summed E-state index contributed by atoms with van der Waals surface area (Å²) in [5, 5.41) is 0.637. The fourth-order valence-electron chi connectivity index (χ4n) is 2.70. The first kappa shape index (κ1) is 16.5. The molecule has 1 saturated heterocycles. The molecule has 2 N–H and O–H groups in total. The molecule has 114 valence electrons. The quantitative estimate of drug-likeness (QED) is 0.456. The first-order chi connectivity index (χ1) is 9.37. The number of halogens is 1. The molecule has 1 fully saturated rings. The minimum atomic E-state index is -2.98. The number of ketones is 1. The van der Waals surface area contributed by atoms with E-state index < -0.39 is 9.84 Å². The highest BCUT2D eigenvalue weighted by Gasteiger charge is 2.49. The first-order valence-corrected chi connectivity index (χ1v) is 8.97. The number of carbonyl (C=O) groups excluding carboxylic acids is 1. The van der Waals surface area contributed by atoms with Gasteiger partial charge in [0.25, 0.3) is 0 Å². The molecule has 2 heterocycles. The second-order valence-corrected chi connectivity index (χ2v) is 8.53. The van der Waals surface area contributed by atoms with Gasteiger partial charge in [-0.05, 0) is 43.0 Å². The summed E-state index contributed by atoms with van der Waals surface area (Å²) in [7, 11) is -2.98. The van der Waals surface area contributed by atoms with Crippen LogP contribution in [0.2, 0.25) is 0 Å². The third-order valence-electron chi connectivity index (χ3n) is 3.67. The molecule has 2 unspecified atom stereocenters. The van der Waals surface area contributed by atoms with Gasteiger partial charge in [-0.25, -0.2) is 13.0 Å². The summed E-state index contributed by atoms with van der Waals surface area (Å²) < 4.78 is 25.4. The molecule has 0 aromatic heterocycles. The van der Waals surface area contributed by atoms with Crippen LogP contribution in [0.25, 0.3) is 0 Å². The van der Waals surface area contributed by atoms with E-state index in [2.05, 4.69) is 0 Å². The van der Waals surface area contributed by atoms with Crippen molar-refractivity contribution in [2.75, 3.05) is 11.5 Å². The number of benzene rings is 1. The number of thioether (sulfide) groups is 1. The number of nitrogens with zero attached hydrogens (tertiary/aromatic N) is 1. The number of rotatable bonds is 2. The Balaban J connectivity index is 0.00000161. The lowest BCUT2D eigenvalue weighted by Crippen LogP contribution is -3.00. The molecule has 1 aromatic rings. The van der Waals surface area contributed by atoms with Crippen LogP contribution in [0.5, 0.6) is 0 Å². The number of nitrogens with two attached hydrogens (primary N) is 1. The van der Waals surface area contributed by atoms with Crippen molar-refractivity contribution in [3.8, 4) is 0 Å². The molecule has 0 amide bonds. The van der Waals surface area contributed by atoms with E-state index in [4.69, 9.17) is 5.73 Å². The van der Waals surface area contributed by atoms with Crippen molar-refractivity contribution >= 4 is 38.2 Å². The second kappa shape index (κ2) is 5.73. The van der Waals surface area contributed by atoms with E-state index in [1.165, 1.54) is 18.7 Å². The molecule has 0 saturated carbocycles. The standard InChI is InChI=1S/C13H14N2O3S2.BrH/c1-8(16)9-2-4-10(5-3-9)15-11-6-20(17,18)7-12(11)19-13(15)14;/h2-5,11-12,14H,6-7H2,1H3;1H. The monoisotopic (exact) mass is 390 g/mol. The lowest BCUT2D eigenvalue weighted by atomic mass is 10.1. The largest absolute Gasteiger partial charge is 1.00 e. The zero-order chi connectivity index (χ0) is 14.5. The lowest BCUT2D eigenvalue weighted by molar-refractivity contribution is -0.470. The lowest BCUT2D eigenvalue weighted by Gasteiger charge is -2.10. The SMILES string of the molecule is CC(=O)c1ccc([N+]2=C(N)SC3CS(=O)(=O)CC32)cc1.[Br-]. The number of sulfone groups is 1. The molecule has 3 rings (SSSR count). The van der Waals surface area contributed by atoms with Crippen molar-refractivity contribution < 1.29 is 34.8 Å². The van der Waals surface area contributed by atoms with E-state index in [0.29, 0.717) is 10.7 Å². The van der Waals surface area contributed by atoms with E-state index in [1.54, 1.807) is 12.1 Å². The van der Waals surface area contributed by atoms with Crippen LogP contribution in [-0.2, 0) is 9.84 Å². The maximum Gasteiger partial charge on any atom is 0.310 e. The molecule has 1 aromatic carbocycles. The van der Waals surface area contributed by atoms with Crippen molar-refractivity contribution in [3.63, 3.8) is 0 Å². The van der Waals surface area contributed by atoms with Gasteiger partial charge in [-0.3, -0.25) is 10.5 Å².